The standard InChI is InChI=1S/C32H42N2O5/c1-38-26-10-6-23(7-11-26)5-3-4-19-34-20-17-24(25(22-34)9-15-32(36)37)8-14-31(35)28-16-18-33-30-13-12-27(39-2)21-29(28)30/h6-7,10-13,16,18,21,24-25,31,35H,3-5,8-9,14-15,17,19-20,22H2,1-2H3,(H,36,37)/t24?,25?,31-/m0/s1. The van der Waals surface area contributed by atoms with Crippen LogP contribution in [0.15, 0.2) is 54.7 Å². The van der Waals surface area contributed by atoms with Gasteiger partial charge in [-0.2, -0.15) is 0 Å². The average molecular weight is 535 g/mol. The van der Waals surface area contributed by atoms with Crippen molar-refractivity contribution in [3.63, 3.8) is 0 Å². The highest BCUT2D eigenvalue weighted by atomic mass is 16.5. The summed E-state index contributed by atoms with van der Waals surface area (Å²) in [6, 6.07) is 15.9. The van der Waals surface area contributed by atoms with E-state index < -0.39 is 12.1 Å². The number of fused-ring (bicyclic) bond motifs is 1. The number of hydrogen-bond acceptors (Lipinski definition) is 6. The summed E-state index contributed by atoms with van der Waals surface area (Å²) in [5.74, 6) is 1.64. The molecule has 0 amide bonds. The second-order valence-electron chi connectivity index (χ2n) is 10.7. The van der Waals surface area contributed by atoms with Crippen LogP contribution in [-0.4, -0.2) is 59.9 Å². The lowest BCUT2D eigenvalue weighted by molar-refractivity contribution is -0.137. The van der Waals surface area contributed by atoms with E-state index in [0.29, 0.717) is 24.7 Å². The maximum Gasteiger partial charge on any atom is 0.303 e. The molecule has 2 unspecified atom stereocenters. The maximum absolute atomic E-state index is 11.4. The van der Waals surface area contributed by atoms with Gasteiger partial charge in [0.05, 0.1) is 25.8 Å². The molecule has 2 N–H and O–H groups in total. The fourth-order valence-corrected chi connectivity index (χ4v) is 5.92. The second-order valence-corrected chi connectivity index (χ2v) is 10.7. The topological polar surface area (TPSA) is 92.1 Å². The predicted molar refractivity (Wildman–Crippen MR) is 153 cm³/mol. The number of carboxylic acid groups (broad SMARTS) is 1. The number of aliphatic hydroxyl groups is 1. The van der Waals surface area contributed by atoms with Gasteiger partial charge in [0, 0.05) is 24.5 Å². The van der Waals surface area contributed by atoms with Crippen LogP contribution in [0.5, 0.6) is 11.5 Å². The van der Waals surface area contributed by atoms with E-state index in [0.717, 1.165) is 79.7 Å². The molecule has 7 heteroatoms. The van der Waals surface area contributed by atoms with Gasteiger partial charge >= 0.3 is 5.97 Å². The third-order valence-electron chi connectivity index (χ3n) is 8.21. The van der Waals surface area contributed by atoms with Crippen molar-refractivity contribution in [3.05, 3.63) is 65.9 Å². The number of rotatable bonds is 14. The molecule has 1 saturated heterocycles. The van der Waals surface area contributed by atoms with Crippen molar-refractivity contribution in [2.75, 3.05) is 33.9 Å². The van der Waals surface area contributed by atoms with E-state index in [1.54, 1.807) is 20.4 Å². The molecule has 3 atom stereocenters. The molecule has 1 fully saturated rings. The summed E-state index contributed by atoms with van der Waals surface area (Å²) in [5, 5.41) is 21.4. The van der Waals surface area contributed by atoms with Crippen LogP contribution in [0.2, 0.25) is 0 Å². The normalized spacial score (nSPS) is 18.6. The lowest BCUT2D eigenvalue weighted by atomic mass is 9.79. The fraction of sp³-hybridized carbons (Fsp3) is 0.500. The van der Waals surface area contributed by atoms with E-state index in [1.165, 1.54) is 5.56 Å². The van der Waals surface area contributed by atoms with Gasteiger partial charge in [0.25, 0.3) is 0 Å². The number of carbonyl (C=O) groups is 1. The summed E-state index contributed by atoms with van der Waals surface area (Å²) >= 11 is 0. The minimum Gasteiger partial charge on any atom is -0.497 e. The number of ether oxygens (including phenoxy) is 2. The van der Waals surface area contributed by atoms with Crippen LogP contribution >= 0.6 is 0 Å². The number of aliphatic hydroxyl groups excluding tert-OH is 1. The highest BCUT2D eigenvalue weighted by Gasteiger charge is 2.30. The number of pyridine rings is 1. The molecular weight excluding hydrogens is 492 g/mol. The Morgan fingerprint density at radius 3 is 2.54 bits per heavy atom. The Hall–Kier alpha value is -3.16. The lowest BCUT2D eigenvalue weighted by Crippen LogP contribution is -2.41. The smallest absolute Gasteiger partial charge is 0.303 e. The number of unbranched alkanes of at least 4 members (excludes halogenated alkanes) is 1. The summed E-state index contributed by atoms with van der Waals surface area (Å²) < 4.78 is 10.6. The third kappa shape index (κ3) is 8.16. The summed E-state index contributed by atoms with van der Waals surface area (Å²) in [6.07, 6.45) is 7.91. The summed E-state index contributed by atoms with van der Waals surface area (Å²) in [5.41, 5.74) is 3.04. The molecule has 2 heterocycles. The SMILES string of the molecule is COc1ccc(CCCCN2CCC(CC[C@H](O)c3ccnc4ccc(OC)cc34)C(CCC(=O)O)C2)cc1. The molecule has 0 radical (unpaired) electrons. The van der Waals surface area contributed by atoms with Crippen molar-refractivity contribution in [3.8, 4) is 11.5 Å². The van der Waals surface area contributed by atoms with Crippen molar-refractivity contribution in [2.45, 2.75) is 57.5 Å². The van der Waals surface area contributed by atoms with Crippen molar-refractivity contribution in [2.24, 2.45) is 11.8 Å². The number of benzene rings is 2. The second kappa shape index (κ2) is 14.3. The van der Waals surface area contributed by atoms with Crippen LogP contribution in [0.4, 0.5) is 0 Å². The molecular formula is C32H42N2O5. The number of nitrogens with zero attached hydrogens (tertiary/aromatic N) is 2. The molecule has 0 aliphatic carbocycles. The van der Waals surface area contributed by atoms with Gasteiger partial charge in [-0.3, -0.25) is 9.78 Å². The van der Waals surface area contributed by atoms with Gasteiger partial charge in [-0.15, -0.1) is 0 Å². The summed E-state index contributed by atoms with van der Waals surface area (Å²) in [7, 11) is 3.32. The number of aliphatic carboxylic acids is 1. The highest BCUT2D eigenvalue weighted by molar-refractivity contribution is 5.83. The number of piperidine rings is 1. The molecule has 0 bridgehead atoms. The zero-order chi connectivity index (χ0) is 27.6. The number of carboxylic acids is 1. The average Bonchev–Trinajstić information content (AvgIpc) is 2.97. The molecule has 3 aromatic rings. The first kappa shape index (κ1) is 28.8. The third-order valence-corrected chi connectivity index (χ3v) is 8.21. The van der Waals surface area contributed by atoms with Gasteiger partial charge in [-0.25, -0.2) is 0 Å². The van der Waals surface area contributed by atoms with Crippen LogP contribution in [-0.2, 0) is 11.2 Å². The van der Waals surface area contributed by atoms with E-state index in [9.17, 15) is 15.0 Å². The molecule has 0 saturated carbocycles. The summed E-state index contributed by atoms with van der Waals surface area (Å²) in [4.78, 5) is 18.3. The number of methoxy groups -OCH3 is 2. The number of hydrogen-bond donors (Lipinski definition) is 2. The van der Waals surface area contributed by atoms with Gasteiger partial charge in [0.15, 0.2) is 0 Å². The van der Waals surface area contributed by atoms with Gasteiger partial charge < -0.3 is 24.6 Å². The fourth-order valence-electron chi connectivity index (χ4n) is 5.92. The Labute approximate surface area is 231 Å². The predicted octanol–water partition coefficient (Wildman–Crippen LogP) is 5.89. The van der Waals surface area contributed by atoms with E-state index >= 15 is 0 Å². The zero-order valence-electron chi connectivity index (χ0n) is 23.2. The Balaban J connectivity index is 1.30. The van der Waals surface area contributed by atoms with Gasteiger partial charge in [0.2, 0.25) is 0 Å². The van der Waals surface area contributed by atoms with E-state index in [-0.39, 0.29) is 6.42 Å². The first-order chi connectivity index (χ1) is 19.0. The van der Waals surface area contributed by atoms with E-state index in [1.807, 2.05) is 36.4 Å². The minimum atomic E-state index is -0.734. The van der Waals surface area contributed by atoms with Crippen LogP contribution in [0.25, 0.3) is 10.9 Å². The Morgan fingerprint density at radius 1 is 1.03 bits per heavy atom. The van der Waals surface area contributed by atoms with Gasteiger partial charge in [0.1, 0.15) is 11.5 Å². The monoisotopic (exact) mass is 534 g/mol. The molecule has 1 aliphatic heterocycles. The molecule has 210 valence electrons. The zero-order valence-corrected chi connectivity index (χ0v) is 23.2. The highest BCUT2D eigenvalue weighted by Crippen LogP contribution is 2.35. The van der Waals surface area contributed by atoms with Gasteiger partial charge in [-0.1, -0.05) is 12.1 Å². The summed E-state index contributed by atoms with van der Waals surface area (Å²) in [6.45, 7) is 3.01. The van der Waals surface area contributed by atoms with Crippen molar-refractivity contribution in [1.82, 2.24) is 9.88 Å². The first-order valence-electron chi connectivity index (χ1n) is 14.1. The molecule has 2 aromatic carbocycles. The van der Waals surface area contributed by atoms with Crippen LogP contribution in [0.1, 0.15) is 62.2 Å². The first-order valence-corrected chi connectivity index (χ1v) is 14.1. The van der Waals surface area contributed by atoms with Crippen molar-refractivity contribution in [1.29, 1.82) is 0 Å². The molecule has 1 aliphatic rings. The van der Waals surface area contributed by atoms with Crippen LogP contribution in [0, 0.1) is 11.8 Å². The van der Waals surface area contributed by atoms with E-state index in [4.69, 9.17) is 9.47 Å². The lowest BCUT2D eigenvalue weighted by Gasteiger charge is -2.39. The molecule has 7 nitrogen and oxygen atoms in total. The molecule has 1 aromatic heterocycles. The quantitative estimate of drug-likeness (QED) is 0.249. The number of likely N-dealkylation sites (tertiary alicyclic amines) is 1. The number of aromatic nitrogens is 1. The molecule has 4 rings (SSSR count). The Kier molecular flexibility index (Phi) is 10.6. The van der Waals surface area contributed by atoms with Crippen molar-refractivity contribution >= 4 is 16.9 Å². The van der Waals surface area contributed by atoms with Gasteiger partial charge in [-0.05, 0) is 117 Å². The molecule has 39 heavy (non-hydrogen) atoms. The largest absolute Gasteiger partial charge is 0.497 e. The Bertz CT molecular complexity index is 1200. The molecule has 0 spiro atoms. The van der Waals surface area contributed by atoms with Crippen LogP contribution in [0.3, 0.4) is 0 Å². The van der Waals surface area contributed by atoms with Crippen LogP contribution < -0.4 is 9.47 Å². The van der Waals surface area contributed by atoms with Crippen molar-refractivity contribution < 1.29 is 24.5 Å². The van der Waals surface area contributed by atoms with E-state index in [2.05, 4.69) is 22.0 Å². The minimum absolute atomic E-state index is 0.198. The Morgan fingerprint density at radius 2 is 1.79 bits per heavy atom. The maximum atomic E-state index is 11.4. The number of aryl methyl sites for hydroxylation is 1.